The van der Waals surface area contributed by atoms with Crippen molar-refractivity contribution in [2.45, 2.75) is 6.92 Å². The summed E-state index contributed by atoms with van der Waals surface area (Å²) >= 11 is 0. The zero-order chi connectivity index (χ0) is 12.5. The molecule has 0 aliphatic carbocycles. The standard InChI is InChI=1S/C16H12FN/c1-11-7-8-13(15(17)10-11)14-6-2-4-12-5-3-9-18-16(12)14/h2-10H,1H3. The van der Waals surface area contributed by atoms with Gasteiger partial charge in [-0.15, -0.1) is 0 Å². The number of nitrogens with zero attached hydrogens (tertiary/aromatic N) is 1. The molecule has 0 unspecified atom stereocenters. The van der Waals surface area contributed by atoms with Gasteiger partial charge in [0.25, 0.3) is 0 Å². The summed E-state index contributed by atoms with van der Waals surface area (Å²) in [6.45, 7) is 1.88. The van der Waals surface area contributed by atoms with Crippen molar-refractivity contribution in [3.05, 3.63) is 66.1 Å². The van der Waals surface area contributed by atoms with Gasteiger partial charge in [0.1, 0.15) is 5.82 Å². The minimum absolute atomic E-state index is 0.201. The van der Waals surface area contributed by atoms with E-state index in [4.69, 9.17) is 0 Å². The highest BCUT2D eigenvalue weighted by Crippen LogP contribution is 2.29. The number of aromatic nitrogens is 1. The second-order valence-electron chi connectivity index (χ2n) is 4.36. The highest BCUT2D eigenvalue weighted by molar-refractivity contribution is 5.93. The third kappa shape index (κ3) is 1.76. The van der Waals surface area contributed by atoms with E-state index in [9.17, 15) is 4.39 Å². The molecule has 0 radical (unpaired) electrons. The lowest BCUT2D eigenvalue weighted by Crippen LogP contribution is -1.88. The van der Waals surface area contributed by atoms with Gasteiger partial charge in [0.2, 0.25) is 0 Å². The summed E-state index contributed by atoms with van der Waals surface area (Å²) in [6.07, 6.45) is 1.73. The number of benzene rings is 2. The molecule has 0 N–H and O–H groups in total. The molecule has 0 fully saturated rings. The monoisotopic (exact) mass is 237 g/mol. The van der Waals surface area contributed by atoms with E-state index in [1.165, 1.54) is 0 Å². The van der Waals surface area contributed by atoms with Crippen LogP contribution in [-0.2, 0) is 0 Å². The molecule has 0 amide bonds. The van der Waals surface area contributed by atoms with Crippen LogP contribution >= 0.6 is 0 Å². The largest absolute Gasteiger partial charge is 0.256 e. The smallest absolute Gasteiger partial charge is 0.131 e. The minimum Gasteiger partial charge on any atom is -0.256 e. The maximum Gasteiger partial charge on any atom is 0.131 e. The molecule has 3 aromatic rings. The molecule has 0 bridgehead atoms. The van der Waals surface area contributed by atoms with Crippen molar-refractivity contribution in [1.29, 1.82) is 0 Å². The van der Waals surface area contributed by atoms with Gasteiger partial charge >= 0.3 is 0 Å². The second-order valence-corrected chi connectivity index (χ2v) is 4.36. The summed E-state index contributed by atoms with van der Waals surface area (Å²) in [5, 5.41) is 1.02. The maximum absolute atomic E-state index is 14.0. The molecule has 0 aliphatic rings. The number of aryl methyl sites for hydroxylation is 1. The van der Waals surface area contributed by atoms with Crippen molar-refractivity contribution in [2.24, 2.45) is 0 Å². The van der Waals surface area contributed by atoms with Gasteiger partial charge in [-0.1, -0.05) is 36.4 Å². The molecular weight excluding hydrogens is 225 g/mol. The van der Waals surface area contributed by atoms with Gasteiger partial charge in [0.15, 0.2) is 0 Å². The van der Waals surface area contributed by atoms with Crippen LogP contribution in [0.3, 0.4) is 0 Å². The maximum atomic E-state index is 14.0. The first kappa shape index (κ1) is 10.9. The molecule has 18 heavy (non-hydrogen) atoms. The van der Waals surface area contributed by atoms with Crippen molar-refractivity contribution >= 4 is 10.9 Å². The lowest BCUT2D eigenvalue weighted by molar-refractivity contribution is 0.630. The molecule has 88 valence electrons. The van der Waals surface area contributed by atoms with Crippen LogP contribution in [0.1, 0.15) is 5.56 Å². The summed E-state index contributed by atoms with van der Waals surface area (Å²) < 4.78 is 14.0. The van der Waals surface area contributed by atoms with Crippen LogP contribution in [0.25, 0.3) is 22.0 Å². The SMILES string of the molecule is Cc1ccc(-c2cccc3cccnc23)c(F)c1. The molecule has 0 atom stereocenters. The van der Waals surface area contributed by atoms with E-state index in [1.807, 2.05) is 49.4 Å². The van der Waals surface area contributed by atoms with E-state index < -0.39 is 0 Å². The molecule has 0 spiro atoms. The highest BCUT2D eigenvalue weighted by Gasteiger charge is 2.09. The van der Waals surface area contributed by atoms with E-state index in [0.717, 1.165) is 22.0 Å². The van der Waals surface area contributed by atoms with Gasteiger partial charge in [-0.25, -0.2) is 4.39 Å². The van der Waals surface area contributed by atoms with Gasteiger partial charge in [-0.2, -0.15) is 0 Å². The van der Waals surface area contributed by atoms with Crippen LogP contribution < -0.4 is 0 Å². The van der Waals surface area contributed by atoms with Crippen LogP contribution in [0.2, 0.25) is 0 Å². The summed E-state index contributed by atoms with van der Waals surface area (Å²) in [5.41, 5.74) is 3.20. The Morgan fingerprint density at radius 3 is 2.61 bits per heavy atom. The van der Waals surface area contributed by atoms with Crippen LogP contribution in [0, 0.1) is 12.7 Å². The van der Waals surface area contributed by atoms with Gasteiger partial charge in [0.05, 0.1) is 5.52 Å². The molecule has 2 aromatic carbocycles. The molecule has 2 heteroatoms. The fraction of sp³-hybridized carbons (Fsp3) is 0.0625. The third-order valence-corrected chi connectivity index (χ3v) is 3.05. The number of hydrogen-bond acceptors (Lipinski definition) is 1. The molecule has 1 aromatic heterocycles. The first-order chi connectivity index (χ1) is 8.75. The van der Waals surface area contributed by atoms with Crippen molar-refractivity contribution in [1.82, 2.24) is 4.98 Å². The van der Waals surface area contributed by atoms with Crippen LogP contribution in [0.4, 0.5) is 4.39 Å². The Balaban J connectivity index is 2.31. The van der Waals surface area contributed by atoms with Crippen LogP contribution in [0.5, 0.6) is 0 Å². The summed E-state index contributed by atoms with van der Waals surface area (Å²) in [5.74, 6) is -0.201. The summed E-state index contributed by atoms with van der Waals surface area (Å²) in [7, 11) is 0. The highest BCUT2D eigenvalue weighted by atomic mass is 19.1. The average molecular weight is 237 g/mol. The molecular formula is C16H12FN. The molecule has 0 saturated heterocycles. The average Bonchev–Trinajstić information content (AvgIpc) is 2.38. The van der Waals surface area contributed by atoms with Crippen LogP contribution in [-0.4, -0.2) is 4.98 Å². The Hall–Kier alpha value is -2.22. The zero-order valence-corrected chi connectivity index (χ0v) is 10.0. The quantitative estimate of drug-likeness (QED) is 0.613. The molecule has 0 aliphatic heterocycles. The Kier molecular flexibility index (Phi) is 2.56. The first-order valence-electron chi connectivity index (χ1n) is 5.86. The number of hydrogen-bond donors (Lipinski definition) is 0. The zero-order valence-electron chi connectivity index (χ0n) is 10.0. The topological polar surface area (TPSA) is 12.9 Å². The normalized spacial score (nSPS) is 10.8. The number of pyridine rings is 1. The van der Waals surface area contributed by atoms with E-state index in [-0.39, 0.29) is 5.82 Å². The fourth-order valence-corrected chi connectivity index (χ4v) is 2.16. The van der Waals surface area contributed by atoms with Crippen molar-refractivity contribution in [3.8, 4) is 11.1 Å². The minimum atomic E-state index is -0.201. The number of rotatable bonds is 1. The van der Waals surface area contributed by atoms with Gasteiger partial charge < -0.3 is 0 Å². The van der Waals surface area contributed by atoms with Crippen molar-refractivity contribution < 1.29 is 4.39 Å². The van der Waals surface area contributed by atoms with E-state index in [2.05, 4.69) is 4.98 Å². The van der Waals surface area contributed by atoms with Gasteiger partial charge in [-0.05, 0) is 24.6 Å². The van der Waals surface area contributed by atoms with E-state index in [1.54, 1.807) is 12.3 Å². The van der Waals surface area contributed by atoms with Crippen molar-refractivity contribution in [3.63, 3.8) is 0 Å². The lowest BCUT2D eigenvalue weighted by atomic mass is 10.0. The Morgan fingerprint density at radius 2 is 1.78 bits per heavy atom. The third-order valence-electron chi connectivity index (χ3n) is 3.05. The predicted molar refractivity (Wildman–Crippen MR) is 71.9 cm³/mol. The first-order valence-corrected chi connectivity index (χ1v) is 5.86. The van der Waals surface area contributed by atoms with E-state index in [0.29, 0.717) is 5.56 Å². The molecule has 0 saturated carbocycles. The van der Waals surface area contributed by atoms with Gasteiger partial charge in [0, 0.05) is 22.7 Å². The summed E-state index contributed by atoms with van der Waals surface area (Å²) in [4.78, 5) is 4.35. The predicted octanol–water partition coefficient (Wildman–Crippen LogP) is 4.35. The Labute approximate surface area is 105 Å². The van der Waals surface area contributed by atoms with E-state index >= 15 is 0 Å². The van der Waals surface area contributed by atoms with Gasteiger partial charge in [-0.3, -0.25) is 4.98 Å². The van der Waals surface area contributed by atoms with Crippen LogP contribution in [0.15, 0.2) is 54.7 Å². The second kappa shape index (κ2) is 4.22. The molecule has 1 nitrogen and oxygen atoms in total. The Morgan fingerprint density at radius 1 is 0.944 bits per heavy atom. The number of halogens is 1. The fourth-order valence-electron chi connectivity index (χ4n) is 2.16. The van der Waals surface area contributed by atoms with Crippen molar-refractivity contribution in [2.75, 3.05) is 0 Å². The number of para-hydroxylation sites is 1. The lowest BCUT2D eigenvalue weighted by Gasteiger charge is -2.07. The number of fused-ring (bicyclic) bond motifs is 1. The summed E-state index contributed by atoms with van der Waals surface area (Å²) in [6, 6.07) is 15.0. The molecule has 3 rings (SSSR count). The Bertz CT molecular complexity index is 714. The molecule has 1 heterocycles.